The number of nitrogens with two attached hydrogens (primary N) is 1. The van der Waals surface area contributed by atoms with Crippen LogP contribution >= 0.6 is 0 Å². The maximum absolute atomic E-state index is 11.0. The van der Waals surface area contributed by atoms with Gasteiger partial charge in [0.05, 0.1) is 5.92 Å². The number of rotatable bonds is 19. The molecule has 0 aromatic heterocycles. The van der Waals surface area contributed by atoms with Crippen LogP contribution in [0.5, 0.6) is 0 Å². The summed E-state index contributed by atoms with van der Waals surface area (Å²) in [6.45, 7) is 2.26. The number of carboxylic acid groups (broad SMARTS) is 1. The summed E-state index contributed by atoms with van der Waals surface area (Å²) in [4.78, 5) is 21.8. The number of unbranched alkanes of at least 4 members (excludes halogenated alkanes) is 14. The molecule has 3 N–H and O–H groups in total. The summed E-state index contributed by atoms with van der Waals surface area (Å²) in [5.74, 6) is -2.02. The zero-order chi connectivity index (χ0) is 18.8. The first kappa shape index (κ1) is 23.9. The summed E-state index contributed by atoms with van der Waals surface area (Å²) < 4.78 is 0. The number of hydrogen-bond donors (Lipinski definition) is 2. The van der Waals surface area contributed by atoms with E-state index < -0.39 is 17.8 Å². The second-order valence-corrected chi connectivity index (χ2v) is 7.44. The van der Waals surface area contributed by atoms with Gasteiger partial charge in [-0.05, 0) is 6.42 Å². The van der Waals surface area contributed by atoms with Crippen molar-refractivity contribution >= 4 is 11.9 Å². The molecule has 0 heterocycles. The van der Waals surface area contributed by atoms with Crippen molar-refractivity contribution in [3.63, 3.8) is 0 Å². The molecule has 0 saturated heterocycles. The van der Waals surface area contributed by atoms with Crippen molar-refractivity contribution in [3.8, 4) is 0 Å². The average molecular weight is 356 g/mol. The first-order valence-corrected chi connectivity index (χ1v) is 10.6. The molecular weight excluding hydrogens is 314 g/mol. The number of hydrogen-bond acceptors (Lipinski definition) is 2. The lowest BCUT2D eigenvalue weighted by Crippen LogP contribution is -2.22. The lowest BCUT2D eigenvalue weighted by Gasteiger charge is -2.09. The van der Waals surface area contributed by atoms with Gasteiger partial charge in [0.25, 0.3) is 0 Å². The van der Waals surface area contributed by atoms with E-state index in [0.717, 1.165) is 12.8 Å². The quantitative estimate of drug-likeness (QED) is 0.286. The van der Waals surface area contributed by atoms with Crippen molar-refractivity contribution in [1.29, 1.82) is 0 Å². The number of carboxylic acids is 1. The van der Waals surface area contributed by atoms with E-state index in [0.29, 0.717) is 6.42 Å². The smallest absolute Gasteiger partial charge is 0.307 e. The third-order valence-corrected chi connectivity index (χ3v) is 4.95. The highest BCUT2D eigenvalue weighted by Crippen LogP contribution is 2.16. The Morgan fingerprint density at radius 3 is 1.40 bits per heavy atom. The summed E-state index contributed by atoms with van der Waals surface area (Å²) in [5.41, 5.74) is 5.08. The van der Waals surface area contributed by atoms with E-state index in [9.17, 15) is 9.59 Å². The van der Waals surface area contributed by atoms with E-state index in [1.165, 1.54) is 83.5 Å². The van der Waals surface area contributed by atoms with Crippen LogP contribution in [0.3, 0.4) is 0 Å². The molecule has 0 aliphatic carbocycles. The van der Waals surface area contributed by atoms with Crippen molar-refractivity contribution in [1.82, 2.24) is 0 Å². The average Bonchev–Trinajstić information content (AvgIpc) is 2.56. The Balaban J connectivity index is 3.28. The highest BCUT2D eigenvalue weighted by molar-refractivity contribution is 5.80. The van der Waals surface area contributed by atoms with Crippen molar-refractivity contribution < 1.29 is 14.7 Å². The summed E-state index contributed by atoms with van der Waals surface area (Å²) in [7, 11) is 0. The normalized spacial score (nSPS) is 12.2. The van der Waals surface area contributed by atoms with Crippen molar-refractivity contribution in [2.75, 3.05) is 0 Å². The zero-order valence-corrected chi connectivity index (χ0v) is 16.4. The molecule has 0 spiro atoms. The van der Waals surface area contributed by atoms with Crippen molar-refractivity contribution in [2.24, 2.45) is 11.7 Å². The van der Waals surface area contributed by atoms with E-state index >= 15 is 0 Å². The lowest BCUT2D eigenvalue weighted by atomic mass is 9.97. The monoisotopic (exact) mass is 355 g/mol. The summed E-state index contributed by atoms with van der Waals surface area (Å²) in [6, 6.07) is 0. The van der Waals surface area contributed by atoms with Gasteiger partial charge in [0, 0.05) is 6.42 Å². The van der Waals surface area contributed by atoms with Gasteiger partial charge in [-0.3, -0.25) is 9.59 Å². The first-order valence-electron chi connectivity index (χ1n) is 10.6. The topological polar surface area (TPSA) is 80.4 Å². The number of amides is 1. The van der Waals surface area contributed by atoms with Crippen LogP contribution < -0.4 is 5.73 Å². The van der Waals surface area contributed by atoms with Gasteiger partial charge in [-0.1, -0.05) is 103 Å². The van der Waals surface area contributed by atoms with Gasteiger partial charge in [0.1, 0.15) is 0 Å². The molecule has 1 atom stereocenters. The molecule has 4 heteroatoms. The van der Waals surface area contributed by atoms with Crippen LogP contribution in [-0.4, -0.2) is 17.0 Å². The maximum Gasteiger partial charge on any atom is 0.307 e. The Kier molecular flexibility index (Phi) is 17.0. The molecule has 0 rings (SSSR count). The molecule has 0 aliphatic heterocycles. The largest absolute Gasteiger partial charge is 0.481 e. The Labute approximate surface area is 154 Å². The van der Waals surface area contributed by atoms with Crippen molar-refractivity contribution in [3.05, 3.63) is 0 Å². The molecule has 1 amide bonds. The molecule has 0 radical (unpaired) electrons. The molecule has 0 aliphatic rings. The van der Waals surface area contributed by atoms with E-state index in [1.54, 1.807) is 0 Å². The van der Waals surface area contributed by atoms with Crippen LogP contribution in [0.4, 0.5) is 0 Å². The second-order valence-electron chi connectivity index (χ2n) is 7.44. The fourth-order valence-electron chi connectivity index (χ4n) is 3.32. The Bertz CT molecular complexity index is 331. The molecule has 148 valence electrons. The standard InChI is InChI=1S/C21H41NO3/c1-2-3-4-5-6-7-8-9-10-11-12-13-14-15-16-17-19(21(24)25)18-20(22)23/h19H,2-18H2,1H3,(H2,22,23)(H,24,25). The highest BCUT2D eigenvalue weighted by Gasteiger charge is 2.19. The van der Waals surface area contributed by atoms with Crippen LogP contribution in [-0.2, 0) is 9.59 Å². The van der Waals surface area contributed by atoms with E-state index in [1.807, 2.05) is 0 Å². The molecule has 0 saturated carbocycles. The Morgan fingerprint density at radius 2 is 1.08 bits per heavy atom. The van der Waals surface area contributed by atoms with Crippen LogP contribution in [0.25, 0.3) is 0 Å². The summed E-state index contributed by atoms with van der Waals surface area (Å²) in [5, 5.41) is 9.03. The lowest BCUT2D eigenvalue weighted by molar-refractivity contribution is -0.144. The number of primary amides is 1. The van der Waals surface area contributed by atoms with Gasteiger partial charge in [0.2, 0.25) is 5.91 Å². The SMILES string of the molecule is CCCCCCCCCCCCCCCCCC(CC(N)=O)C(=O)O. The van der Waals surface area contributed by atoms with Crippen LogP contribution in [0.1, 0.15) is 116 Å². The molecule has 1 unspecified atom stereocenters. The van der Waals surface area contributed by atoms with E-state index in [2.05, 4.69) is 6.92 Å². The maximum atomic E-state index is 11.0. The zero-order valence-electron chi connectivity index (χ0n) is 16.4. The van der Waals surface area contributed by atoms with Gasteiger partial charge in [0.15, 0.2) is 0 Å². The van der Waals surface area contributed by atoms with Crippen LogP contribution in [0, 0.1) is 5.92 Å². The predicted molar refractivity (Wildman–Crippen MR) is 104 cm³/mol. The Morgan fingerprint density at radius 1 is 0.720 bits per heavy atom. The fraction of sp³-hybridized carbons (Fsp3) is 0.905. The number of aliphatic carboxylic acids is 1. The third kappa shape index (κ3) is 17.6. The second kappa shape index (κ2) is 17.8. The minimum atomic E-state index is -0.899. The van der Waals surface area contributed by atoms with E-state index in [4.69, 9.17) is 10.8 Å². The van der Waals surface area contributed by atoms with Crippen LogP contribution in [0.15, 0.2) is 0 Å². The minimum Gasteiger partial charge on any atom is -0.481 e. The minimum absolute atomic E-state index is 0.0338. The molecule has 25 heavy (non-hydrogen) atoms. The van der Waals surface area contributed by atoms with Gasteiger partial charge >= 0.3 is 5.97 Å². The Hall–Kier alpha value is -1.06. The van der Waals surface area contributed by atoms with Crippen molar-refractivity contribution in [2.45, 2.75) is 116 Å². The number of carbonyl (C=O) groups excluding carboxylic acids is 1. The molecule has 4 nitrogen and oxygen atoms in total. The molecular formula is C21H41NO3. The molecule has 0 aromatic carbocycles. The molecule has 0 fully saturated rings. The first-order chi connectivity index (χ1) is 12.1. The van der Waals surface area contributed by atoms with E-state index in [-0.39, 0.29) is 6.42 Å². The summed E-state index contributed by atoms with van der Waals surface area (Å²) >= 11 is 0. The summed E-state index contributed by atoms with van der Waals surface area (Å²) in [6.07, 6.45) is 20.0. The highest BCUT2D eigenvalue weighted by atomic mass is 16.4. The fourth-order valence-corrected chi connectivity index (χ4v) is 3.32. The predicted octanol–water partition coefficient (Wildman–Crippen LogP) is 5.82. The van der Waals surface area contributed by atoms with Crippen LogP contribution in [0.2, 0.25) is 0 Å². The third-order valence-electron chi connectivity index (χ3n) is 4.95. The molecule has 0 bridgehead atoms. The number of carbonyl (C=O) groups is 2. The van der Waals surface area contributed by atoms with Gasteiger partial charge < -0.3 is 10.8 Å². The molecule has 0 aromatic rings. The van der Waals surface area contributed by atoms with Gasteiger partial charge in [-0.2, -0.15) is 0 Å². The van der Waals surface area contributed by atoms with Gasteiger partial charge in [-0.25, -0.2) is 0 Å². The van der Waals surface area contributed by atoms with Gasteiger partial charge in [-0.15, -0.1) is 0 Å².